The Morgan fingerprint density at radius 2 is 1.05 bits per heavy atom. The maximum absolute atomic E-state index is 13.4. The fraction of sp³-hybridized carbons (Fsp3) is 0.316. The summed E-state index contributed by atoms with van der Waals surface area (Å²) in [5, 5.41) is 22.7. The van der Waals surface area contributed by atoms with E-state index >= 15 is 0 Å². The number of hydrogen-bond donors (Lipinski definition) is 4. The highest BCUT2D eigenvalue weighted by molar-refractivity contribution is 6.67. The van der Waals surface area contributed by atoms with Gasteiger partial charge in [-0.3, -0.25) is 29.8 Å². The maximum Gasteiger partial charge on any atom is 0.416 e. The summed E-state index contributed by atoms with van der Waals surface area (Å²) in [6, 6.07) is 14.6. The Morgan fingerprint density at radius 3 is 1.46 bits per heavy atom. The standard InChI is InChI=1S/C19H20F3N5O3.C13H14ClF3N2O.C6H7N3O2/c1-25-5-7-26(8-6-25)14-10-12(9-13(11-14)19(20,21)22)18(28)24-15-3-2-4-16(17(15)23)27(29)30;1-18-2-4-19(5-3-18)11-7-9(12(14)20)6-10(8-11)13(15,16)17;7-4-2-1-3-5(6(4)8)9(10)11/h2-4,9-11H,5-8,23H2,1H3,(H,24,28);6-8H,2-5H2,1H3;1-3H,7-8H2. The Morgan fingerprint density at radius 1 is 0.639 bits per heavy atom. The monoisotopic (exact) mass is 882 g/mol. The largest absolute Gasteiger partial charge is 0.416 e. The van der Waals surface area contributed by atoms with Gasteiger partial charge in [0.1, 0.15) is 11.4 Å². The number of piperazine rings is 2. The van der Waals surface area contributed by atoms with Crippen LogP contribution in [0.4, 0.5) is 71.8 Å². The van der Waals surface area contributed by atoms with Gasteiger partial charge in [0.25, 0.3) is 22.5 Å². The molecule has 2 fully saturated rings. The van der Waals surface area contributed by atoms with E-state index in [1.807, 2.05) is 19.0 Å². The molecule has 0 aliphatic carbocycles. The number of alkyl halides is 6. The van der Waals surface area contributed by atoms with Gasteiger partial charge in [-0.25, -0.2) is 0 Å². The van der Waals surface area contributed by atoms with Gasteiger partial charge >= 0.3 is 12.4 Å². The molecular weight excluding hydrogens is 842 g/mol. The number of nitrogen functional groups attached to an aromatic ring is 3. The summed E-state index contributed by atoms with van der Waals surface area (Å²) < 4.78 is 78.8. The average molecular weight is 883 g/mol. The fourth-order valence-electron chi connectivity index (χ4n) is 6.03. The molecule has 0 aromatic heterocycles. The smallest absolute Gasteiger partial charge is 0.397 e. The third-order valence-electron chi connectivity index (χ3n) is 9.56. The van der Waals surface area contributed by atoms with Crippen LogP contribution in [0.15, 0.2) is 72.8 Å². The van der Waals surface area contributed by atoms with Crippen molar-refractivity contribution in [3.63, 3.8) is 0 Å². The molecule has 0 unspecified atom stereocenters. The Hall–Kier alpha value is -6.39. The molecule has 328 valence electrons. The second-order valence-corrected chi connectivity index (χ2v) is 14.2. The molecule has 0 bridgehead atoms. The first-order valence-electron chi connectivity index (χ1n) is 18.1. The van der Waals surface area contributed by atoms with Gasteiger partial charge in [-0.2, -0.15) is 26.3 Å². The van der Waals surface area contributed by atoms with E-state index in [1.54, 1.807) is 4.90 Å². The zero-order valence-corrected chi connectivity index (χ0v) is 33.4. The van der Waals surface area contributed by atoms with Crippen molar-refractivity contribution >= 4 is 68.2 Å². The van der Waals surface area contributed by atoms with Crippen molar-refractivity contribution in [3.05, 3.63) is 115 Å². The molecule has 2 heterocycles. The number of likely N-dealkylation sites (N-methyl/N-ethyl adjacent to an activating group) is 2. The SMILES string of the molecule is CN1CCN(c2cc(C(=O)Cl)cc(C(F)(F)F)c2)CC1.CN1CCN(c2cc(C(=O)Nc3cccc([N+](=O)[O-])c3N)cc(C(F)(F)F)c2)CC1.Nc1cccc([N+](=O)[O-])c1N. The lowest BCUT2D eigenvalue weighted by atomic mass is 10.1. The summed E-state index contributed by atoms with van der Waals surface area (Å²) in [4.78, 5) is 51.6. The number of nitro benzene ring substituents is 2. The van der Waals surface area contributed by atoms with E-state index in [2.05, 4.69) is 15.1 Å². The Kier molecular flexibility index (Phi) is 15.3. The molecule has 1 amide bonds. The van der Waals surface area contributed by atoms with Gasteiger partial charge in [-0.15, -0.1) is 0 Å². The summed E-state index contributed by atoms with van der Waals surface area (Å²) in [5.41, 5.74) is 14.3. The molecule has 4 aromatic rings. The lowest BCUT2D eigenvalue weighted by Crippen LogP contribution is -2.44. The van der Waals surface area contributed by atoms with Crippen molar-refractivity contribution in [3.8, 4) is 0 Å². The number of benzene rings is 4. The van der Waals surface area contributed by atoms with Crippen LogP contribution in [0.25, 0.3) is 0 Å². The van der Waals surface area contributed by atoms with E-state index in [-0.39, 0.29) is 45.3 Å². The quantitative estimate of drug-likeness (QED) is 0.0494. The predicted octanol–water partition coefficient (Wildman–Crippen LogP) is 6.80. The zero-order valence-electron chi connectivity index (χ0n) is 32.6. The minimum atomic E-state index is -4.64. The van der Waals surface area contributed by atoms with Gasteiger partial charge in [-0.1, -0.05) is 12.1 Å². The number of hydrogen-bond acceptors (Lipinski definition) is 13. The first-order valence-corrected chi connectivity index (χ1v) is 18.5. The summed E-state index contributed by atoms with van der Waals surface area (Å²) >= 11 is 5.33. The average Bonchev–Trinajstić information content (AvgIpc) is 3.19. The number of nitro groups is 2. The van der Waals surface area contributed by atoms with Crippen LogP contribution in [0.2, 0.25) is 0 Å². The van der Waals surface area contributed by atoms with Crippen molar-refractivity contribution in [1.82, 2.24) is 9.80 Å². The van der Waals surface area contributed by atoms with Crippen LogP contribution in [0.1, 0.15) is 31.8 Å². The van der Waals surface area contributed by atoms with E-state index in [1.165, 1.54) is 48.5 Å². The number of carbonyl (C=O) groups excluding carboxylic acids is 2. The molecule has 16 nitrogen and oxygen atoms in total. The van der Waals surface area contributed by atoms with Gasteiger partial charge in [0.05, 0.1) is 32.3 Å². The van der Waals surface area contributed by atoms with Crippen molar-refractivity contribution in [2.24, 2.45) is 0 Å². The second kappa shape index (κ2) is 19.8. The van der Waals surface area contributed by atoms with Gasteiger partial charge in [0.2, 0.25) is 0 Å². The number of rotatable bonds is 7. The highest BCUT2D eigenvalue weighted by Gasteiger charge is 2.34. The molecule has 61 heavy (non-hydrogen) atoms. The van der Waals surface area contributed by atoms with Crippen LogP contribution in [-0.4, -0.2) is 97.2 Å². The van der Waals surface area contributed by atoms with E-state index < -0.39 is 50.2 Å². The van der Waals surface area contributed by atoms with Gasteiger partial charge in [-0.05, 0) is 74.2 Å². The predicted molar refractivity (Wildman–Crippen MR) is 220 cm³/mol. The number of anilines is 6. The number of carbonyl (C=O) groups is 2. The summed E-state index contributed by atoms with van der Waals surface area (Å²) in [6.45, 7) is 5.18. The minimum absolute atomic E-state index is 0.0255. The highest BCUT2D eigenvalue weighted by atomic mass is 35.5. The van der Waals surface area contributed by atoms with E-state index in [0.717, 1.165) is 37.4 Å². The van der Waals surface area contributed by atoms with Crippen molar-refractivity contribution in [2.45, 2.75) is 12.4 Å². The van der Waals surface area contributed by atoms with E-state index in [9.17, 15) is 56.2 Å². The molecule has 6 rings (SSSR count). The molecule has 2 saturated heterocycles. The van der Waals surface area contributed by atoms with Crippen LogP contribution in [0.5, 0.6) is 0 Å². The van der Waals surface area contributed by atoms with E-state index in [0.29, 0.717) is 45.0 Å². The topological polar surface area (TPSA) is 223 Å². The van der Waals surface area contributed by atoms with E-state index in [4.69, 9.17) is 28.8 Å². The summed E-state index contributed by atoms with van der Waals surface area (Å²) in [6.07, 6.45) is -9.13. The number of para-hydroxylation sites is 2. The fourth-order valence-corrected chi connectivity index (χ4v) is 6.14. The highest BCUT2D eigenvalue weighted by Crippen LogP contribution is 2.36. The van der Waals surface area contributed by atoms with Crippen LogP contribution in [-0.2, 0) is 12.4 Å². The minimum Gasteiger partial charge on any atom is -0.397 e. The molecule has 0 atom stereocenters. The van der Waals surface area contributed by atoms with Gasteiger partial charge in [0, 0.05) is 87.0 Å². The third kappa shape index (κ3) is 12.8. The number of amides is 1. The lowest BCUT2D eigenvalue weighted by Gasteiger charge is -2.34. The Balaban J connectivity index is 0.000000226. The normalized spacial score (nSPS) is 14.8. The second-order valence-electron chi connectivity index (χ2n) is 13.9. The summed E-state index contributed by atoms with van der Waals surface area (Å²) in [5.74, 6) is -0.844. The summed E-state index contributed by atoms with van der Waals surface area (Å²) in [7, 11) is 3.88. The van der Waals surface area contributed by atoms with Crippen LogP contribution < -0.4 is 32.3 Å². The maximum atomic E-state index is 13.4. The molecule has 2 aliphatic heterocycles. The Bertz CT molecular complexity index is 2250. The van der Waals surface area contributed by atoms with Crippen molar-refractivity contribution in [2.75, 3.05) is 98.8 Å². The lowest BCUT2D eigenvalue weighted by molar-refractivity contribution is -0.384. The Labute approximate surface area is 349 Å². The van der Waals surface area contributed by atoms with Gasteiger partial charge in [0.15, 0.2) is 0 Å². The van der Waals surface area contributed by atoms with Gasteiger partial charge < -0.3 is 42.1 Å². The van der Waals surface area contributed by atoms with Crippen LogP contribution in [0, 0.1) is 20.2 Å². The number of nitrogens with two attached hydrogens (primary N) is 3. The first-order chi connectivity index (χ1) is 28.5. The number of nitrogens with zero attached hydrogens (tertiary/aromatic N) is 6. The molecular formula is C38H41ClF6N10O6. The molecule has 0 saturated carbocycles. The molecule has 4 aromatic carbocycles. The van der Waals surface area contributed by atoms with Crippen molar-refractivity contribution < 1.29 is 45.8 Å². The molecule has 0 radical (unpaired) electrons. The first kappa shape index (κ1) is 47.3. The van der Waals surface area contributed by atoms with Crippen LogP contribution >= 0.6 is 11.6 Å². The zero-order chi connectivity index (χ0) is 45.4. The number of halogens is 7. The third-order valence-corrected chi connectivity index (χ3v) is 9.78. The number of nitrogens with one attached hydrogen (secondary N) is 1. The molecule has 0 spiro atoms. The van der Waals surface area contributed by atoms with Crippen molar-refractivity contribution in [1.29, 1.82) is 0 Å². The molecule has 2 aliphatic rings. The molecule has 23 heteroatoms. The molecule has 7 N–H and O–H groups in total. The van der Waals surface area contributed by atoms with Crippen LogP contribution in [0.3, 0.4) is 0 Å².